The van der Waals surface area contributed by atoms with Gasteiger partial charge in [0.15, 0.2) is 5.78 Å². The van der Waals surface area contributed by atoms with Gasteiger partial charge in [-0.05, 0) is 50.6 Å². The molecule has 0 saturated carbocycles. The molecule has 6 heteroatoms. The van der Waals surface area contributed by atoms with Crippen LogP contribution < -0.4 is 10.1 Å². The minimum absolute atomic E-state index is 0.0285. The van der Waals surface area contributed by atoms with Crippen molar-refractivity contribution in [3.63, 3.8) is 0 Å². The average Bonchev–Trinajstić information content (AvgIpc) is 2.72. The quantitative estimate of drug-likeness (QED) is 0.442. The van der Waals surface area contributed by atoms with Crippen LogP contribution in [0.3, 0.4) is 0 Å². The summed E-state index contributed by atoms with van der Waals surface area (Å²) in [5.74, 6) is -0.0976. The molecule has 0 aliphatic heterocycles. The minimum atomic E-state index is -0.509. The molecule has 0 bridgehead atoms. The van der Waals surface area contributed by atoms with Gasteiger partial charge in [-0.3, -0.25) is 14.4 Å². The monoisotopic (exact) mass is 411 g/mol. The number of hydrogen-bond donors (Lipinski definition) is 1. The van der Waals surface area contributed by atoms with E-state index in [0.717, 1.165) is 5.56 Å². The van der Waals surface area contributed by atoms with Gasteiger partial charge in [0.05, 0.1) is 25.2 Å². The van der Waals surface area contributed by atoms with Gasteiger partial charge in [0.1, 0.15) is 5.75 Å². The Kier molecular flexibility index (Phi) is 9.06. The Hall–Kier alpha value is -3.15. The van der Waals surface area contributed by atoms with Crippen molar-refractivity contribution in [3.8, 4) is 5.75 Å². The molecule has 160 valence electrons. The zero-order valence-electron chi connectivity index (χ0n) is 17.7. The van der Waals surface area contributed by atoms with Crippen LogP contribution in [0.2, 0.25) is 0 Å². The summed E-state index contributed by atoms with van der Waals surface area (Å²) in [4.78, 5) is 37.0. The van der Waals surface area contributed by atoms with Gasteiger partial charge in [0, 0.05) is 18.4 Å². The zero-order chi connectivity index (χ0) is 21.9. The van der Waals surface area contributed by atoms with Gasteiger partial charge < -0.3 is 14.8 Å². The van der Waals surface area contributed by atoms with E-state index in [1.165, 1.54) is 0 Å². The molecule has 2 rings (SSSR count). The third kappa shape index (κ3) is 7.70. The van der Waals surface area contributed by atoms with Gasteiger partial charge in [-0.1, -0.05) is 30.3 Å². The highest BCUT2D eigenvalue weighted by Gasteiger charge is 2.20. The van der Waals surface area contributed by atoms with Crippen LogP contribution in [-0.4, -0.2) is 30.4 Å². The molecular formula is C24H29NO5. The van der Waals surface area contributed by atoms with Crippen molar-refractivity contribution in [2.24, 2.45) is 0 Å². The van der Waals surface area contributed by atoms with Crippen molar-refractivity contribution < 1.29 is 23.9 Å². The predicted molar refractivity (Wildman–Crippen MR) is 114 cm³/mol. The van der Waals surface area contributed by atoms with Crippen LogP contribution in [0.5, 0.6) is 5.75 Å². The first-order valence-electron chi connectivity index (χ1n) is 10.2. The van der Waals surface area contributed by atoms with E-state index < -0.39 is 6.04 Å². The molecule has 6 nitrogen and oxygen atoms in total. The third-order valence-corrected chi connectivity index (χ3v) is 4.34. The molecule has 0 spiro atoms. The van der Waals surface area contributed by atoms with Crippen LogP contribution in [0.1, 0.15) is 62.0 Å². The SMILES string of the molecule is CCOc1ccc(C(=O)CCC(=O)N[C@@H](CC(=O)OC(C)C)c2ccccc2)cc1. The van der Waals surface area contributed by atoms with Crippen molar-refractivity contribution in [2.45, 2.75) is 52.2 Å². The molecule has 1 amide bonds. The van der Waals surface area contributed by atoms with Gasteiger partial charge in [-0.15, -0.1) is 0 Å². The van der Waals surface area contributed by atoms with Crippen molar-refractivity contribution in [3.05, 3.63) is 65.7 Å². The summed E-state index contributed by atoms with van der Waals surface area (Å²) in [5.41, 5.74) is 1.34. The Morgan fingerprint density at radius 3 is 2.20 bits per heavy atom. The van der Waals surface area contributed by atoms with E-state index in [1.54, 1.807) is 38.1 Å². The smallest absolute Gasteiger partial charge is 0.308 e. The number of amides is 1. The second-order valence-electron chi connectivity index (χ2n) is 7.15. The molecule has 1 atom stereocenters. The standard InChI is InChI=1S/C24H29NO5/c1-4-29-20-12-10-19(11-13-20)22(26)14-15-23(27)25-21(16-24(28)30-17(2)3)18-8-6-5-7-9-18/h5-13,17,21H,4,14-16H2,1-3H3,(H,25,27)/t21-/m0/s1. The Labute approximate surface area is 177 Å². The molecule has 30 heavy (non-hydrogen) atoms. The molecule has 0 heterocycles. The fourth-order valence-corrected chi connectivity index (χ4v) is 2.96. The first-order chi connectivity index (χ1) is 14.4. The molecule has 0 radical (unpaired) electrons. The number of rotatable bonds is 11. The number of ketones is 1. The Morgan fingerprint density at radius 2 is 1.60 bits per heavy atom. The number of carbonyl (C=O) groups excluding carboxylic acids is 3. The van der Waals surface area contributed by atoms with Crippen molar-refractivity contribution >= 4 is 17.7 Å². The van der Waals surface area contributed by atoms with Crippen LogP contribution in [0.25, 0.3) is 0 Å². The summed E-state index contributed by atoms with van der Waals surface area (Å²) in [6.45, 7) is 6.00. The summed E-state index contributed by atoms with van der Waals surface area (Å²) in [5, 5.41) is 2.86. The van der Waals surface area contributed by atoms with Gasteiger partial charge in [0.2, 0.25) is 5.91 Å². The lowest BCUT2D eigenvalue weighted by molar-refractivity contribution is -0.148. The summed E-state index contributed by atoms with van der Waals surface area (Å²) in [6, 6.07) is 15.6. The first kappa shape index (κ1) is 23.1. The molecule has 0 unspecified atom stereocenters. The fraction of sp³-hybridized carbons (Fsp3) is 0.375. The predicted octanol–water partition coefficient (Wildman–Crippen LogP) is 4.25. The summed E-state index contributed by atoms with van der Waals surface area (Å²) >= 11 is 0. The van der Waals surface area contributed by atoms with Crippen LogP contribution in [0.15, 0.2) is 54.6 Å². The molecule has 0 aliphatic carbocycles. The highest BCUT2D eigenvalue weighted by Crippen LogP contribution is 2.19. The summed E-state index contributed by atoms with van der Waals surface area (Å²) in [7, 11) is 0. The number of benzene rings is 2. The number of ether oxygens (including phenoxy) is 2. The number of Topliss-reactive ketones (excluding diaryl/α,β-unsaturated/α-hetero) is 1. The Morgan fingerprint density at radius 1 is 0.933 bits per heavy atom. The van der Waals surface area contributed by atoms with E-state index >= 15 is 0 Å². The number of hydrogen-bond acceptors (Lipinski definition) is 5. The van der Waals surface area contributed by atoms with Gasteiger partial charge in [-0.2, -0.15) is 0 Å². The van der Waals surface area contributed by atoms with Gasteiger partial charge in [-0.25, -0.2) is 0 Å². The van der Waals surface area contributed by atoms with Gasteiger partial charge >= 0.3 is 5.97 Å². The maximum absolute atomic E-state index is 12.5. The maximum Gasteiger partial charge on any atom is 0.308 e. The number of nitrogens with one attached hydrogen (secondary N) is 1. The van der Waals surface area contributed by atoms with Crippen LogP contribution in [0, 0.1) is 0 Å². The van der Waals surface area contributed by atoms with E-state index in [1.807, 2.05) is 37.3 Å². The molecule has 0 aliphatic rings. The molecule has 2 aromatic rings. The lowest BCUT2D eigenvalue weighted by Gasteiger charge is -2.19. The average molecular weight is 411 g/mol. The van der Waals surface area contributed by atoms with Crippen molar-refractivity contribution in [1.29, 1.82) is 0 Å². The normalized spacial score (nSPS) is 11.6. The summed E-state index contributed by atoms with van der Waals surface area (Å²) in [6.07, 6.45) is -0.0796. The molecule has 0 aromatic heterocycles. The molecule has 1 N–H and O–H groups in total. The molecule has 0 fully saturated rings. The highest BCUT2D eigenvalue weighted by atomic mass is 16.5. The van der Waals surface area contributed by atoms with Crippen molar-refractivity contribution in [2.75, 3.05) is 6.61 Å². The van der Waals surface area contributed by atoms with Crippen LogP contribution in [-0.2, 0) is 14.3 Å². The second kappa shape index (κ2) is 11.8. The van der Waals surface area contributed by atoms with Gasteiger partial charge in [0.25, 0.3) is 0 Å². The largest absolute Gasteiger partial charge is 0.494 e. The fourth-order valence-electron chi connectivity index (χ4n) is 2.96. The van der Waals surface area contributed by atoms with Crippen LogP contribution >= 0.6 is 0 Å². The third-order valence-electron chi connectivity index (χ3n) is 4.34. The first-order valence-corrected chi connectivity index (χ1v) is 10.2. The van der Waals surface area contributed by atoms with Crippen LogP contribution in [0.4, 0.5) is 0 Å². The van der Waals surface area contributed by atoms with E-state index in [2.05, 4.69) is 5.32 Å². The van der Waals surface area contributed by atoms with E-state index in [0.29, 0.717) is 17.9 Å². The van der Waals surface area contributed by atoms with E-state index in [-0.39, 0.29) is 43.0 Å². The minimum Gasteiger partial charge on any atom is -0.494 e. The zero-order valence-corrected chi connectivity index (χ0v) is 17.7. The molecule has 2 aromatic carbocycles. The molecular weight excluding hydrogens is 382 g/mol. The summed E-state index contributed by atoms with van der Waals surface area (Å²) < 4.78 is 10.6. The second-order valence-corrected chi connectivity index (χ2v) is 7.15. The number of esters is 1. The number of carbonyl (C=O) groups is 3. The van der Waals surface area contributed by atoms with Crippen molar-refractivity contribution in [1.82, 2.24) is 5.32 Å². The maximum atomic E-state index is 12.5. The molecule has 0 saturated heterocycles. The highest BCUT2D eigenvalue weighted by molar-refractivity contribution is 5.98. The Bertz CT molecular complexity index is 830. The lowest BCUT2D eigenvalue weighted by atomic mass is 10.0. The van der Waals surface area contributed by atoms with E-state index in [9.17, 15) is 14.4 Å². The topological polar surface area (TPSA) is 81.7 Å². The lowest BCUT2D eigenvalue weighted by Crippen LogP contribution is -2.31. The Balaban J connectivity index is 1.94. The van der Waals surface area contributed by atoms with E-state index in [4.69, 9.17) is 9.47 Å².